The van der Waals surface area contributed by atoms with Crippen molar-refractivity contribution in [3.63, 3.8) is 0 Å². The summed E-state index contributed by atoms with van der Waals surface area (Å²) in [5.41, 5.74) is 2.59. The van der Waals surface area contributed by atoms with Gasteiger partial charge in [-0.3, -0.25) is 14.3 Å². The molecule has 1 aromatic heterocycles. The molecule has 0 aromatic carbocycles. The first-order valence-corrected chi connectivity index (χ1v) is 9.49. The van der Waals surface area contributed by atoms with Gasteiger partial charge in [0.05, 0.1) is 5.75 Å². The number of hydrazone groups is 1. The van der Waals surface area contributed by atoms with Crippen LogP contribution >= 0.6 is 0 Å². The van der Waals surface area contributed by atoms with E-state index in [-0.39, 0.29) is 17.1 Å². The molecule has 0 spiro atoms. The van der Waals surface area contributed by atoms with Crippen LogP contribution in [0, 0.1) is 16.7 Å². The molecule has 2 aliphatic rings. The first-order chi connectivity index (χ1) is 11.2. The lowest BCUT2D eigenvalue weighted by Gasteiger charge is -2.37. The molecule has 0 saturated heterocycles. The fourth-order valence-electron chi connectivity index (χ4n) is 4.29. The van der Waals surface area contributed by atoms with Crippen molar-refractivity contribution < 1.29 is 17.8 Å². The first-order valence-electron chi connectivity index (χ1n) is 7.88. The Morgan fingerprint density at radius 2 is 2.08 bits per heavy atom. The van der Waals surface area contributed by atoms with Crippen LogP contribution in [0.1, 0.15) is 43.5 Å². The number of hydrogen-bond donors (Lipinski definition) is 2. The van der Waals surface area contributed by atoms with Gasteiger partial charge in [0.25, 0.3) is 16.0 Å². The van der Waals surface area contributed by atoms with Crippen LogP contribution < -0.4 is 5.43 Å². The molecule has 2 unspecified atom stereocenters. The second-order valence-corrected chi connectivity index (χ2v) is 8.66. The maximum absolute atomic E-state index is 12.1. The van der Waals surface area contributed by atoms with Gasteiger partial charge < -0.3 is 0 Å². The van der Waals surface area contributed by atoms with E-state index in [1.165, 1.54) is 12.4 Å². The molecule has 1 aromatic rings. The predicted octanol–water partition coefficient (Wildman–Crippen LogP) is 1.88. The summed E-state index contributed by atoms with van der Waals surface area (Å²) in [6.07, 6.45) is 5.22. The first kappa shape index (κ1) is 17.0. The van der Waals surface area contributed by atoms with E-state index < -0.39 is 15.5 Å². The molecule has 1 heterocycles. The molecule has 8 heteroatoms. The summed E-state index contributed by atoms with van der Waals surface area (Å²) < 4.78 is 32.6. The van der Waals surface area contributed by atoms with Gasteiger partial charge in [0.2, 0.25) is 0 Å². The molecule has 0 radical (unpaired) electrons. The summed E-state index contributed by atoms with van der Waals surface area (Å²) in [6, 6.07) is 3.16. The molecule has 3 rings (SSSR count). The van der Waals surface area contributed by atoms with Crippen molar-refractivity contribution in [1.29, 1.82) is 0 Å². The number of amides is 1. The van der Waals surface area contributed by atoms with Crippen molar-refractivity contribution in [2.75, 3.05) is 5.75 Å². The molecular weight excluding hydrogens is 330 g/mol. The molecule has 0 aliphatic heterocycles. The van der Waals surface area contributed by atoms with Crippen molar-refractivity contribution in [3.05, 3.63) is 30.1 Å². The molecule has 1 amide bonds. The van der Waals surface area contributed by atoms with E-state index in [0.29, 0.717) is 30.0 Å². The van der Waals surface area contributed by atoms with Crippen LogP contribution in [-0.4, -0.2) is 35.3 Å². The van der Waals surface area contributed by atoms with Gasteiger partial charge in [0, 0.05) is 29.1 Å². The average molecular weight is 351 g/mol. The van der Waals surface area contributed by atoms with Gasteiger partial charge in [-0.05, 0) is 42.7 Å². The zero-order valence-corrected chi connectivity index (χ0v) is 14.5. The van der Waals surface area contributed by atoms with Gasteiger partial charge in [-0.2, -0.15) is 13.5 Å². The van der Waals surface area contributed by atoms with Crippen molar-refractivity contribution in [3.8, 4) is 0 Å². The third kappa shape index (κ3) is 2.73. The number of hydrogen-bond acceptors (Lipinski definition) is 5. The number of fused-ring (bicyclic) bond motifs is 2. The molecule has 2 atom stereocenters. The molecule has 7 nitrogen and oxygen atoms in total. The highest BCUT2D eigenvalue weighted by Gasteiger charge is 2.64. The zero-order chi connectivity index (χ0) is 17.6. The number of nitrogens with one attached hydrogen (secondary N) is 1. The molecule has 2 fully saturated rings. The van der Waals surface area contributed by atoms with Crippen LogP contribution in [0.3, 0.4) is 0 Å². The summed E-state index contributed by atoms with van der Waals surface area (Å²) >= 11 is 0. The van der Waals surface area contributed by atoms with Gasteiger partial charge in [-0.15, -0.1) is 0 Å². The van der Waals surface area contributed by atoms with Gasteiger partial charge in [0.1, 0.15) is 0 Å². The van der Waals surface area contributed by atoms with E-state index in [1.54, 1.807) is 12.1 Å². The fraction of sp³-hybridized carbons (Fsp3) is 0.562. The number of aromatic nitrogens is 1. The highest BCUT2D eigenvalue weighted by atomic mass is 32.2. The van der Waals surface area contributed by atoms with E-state index in [0.717, 1.165) is 6.42 Å². The largest absolute Gasteiger partial charge is 0.286 e. The highest BCUT2D eigenvalue weighted by Crippen LogP contribution is 2.64. The normalized spacial score (nSPS) is 29.8. The Hall–Kier alpha value is -1.80. The summed E-state index contributed by atoms with van der Waals surface area (Å²) in [5, 5.41) is 4.26. The van der Waals surface area contributed by atoms with Crippen LogP contribution in [0.2, 0.25) is 0 Å². The Bertz CT molecular complexity index is 789. The Morgan fingerprint density at radius 1 is 1.42 bits per heavy atom. The van der Waals surface area contributed by atoms with Crippen LogP contribution in [-0.2, 0) is 10.1 Å². The van der Waals surface area contributed by atoms with Crippen molar-refractivity contribution in [2.24, 2.45) is 21.8 Å². The monoisotopic (exact) mass is 351 g/mol. The maximum atomic E-state index is 12.1. The second kappa shape index (κ2) is 5.63. The minimum atomic E-state index is -4.15. The minimum absolute atomic E-state index is 0.289. The van der Waals surface area contributed by atoms with Crippen molar-refractivity contribution in [1.82, 2.24) is 10.4 Å². The molecule has 2 aliphatic carbocycles. The number of carbonyl (C=O) groups excluding carboxylic acids is 1. The predicted molar refractivity (Wildman–Crippen MR) is 89.1 cm³/mol. The highest BCUT2D eigenvalue weighted by molar-refractivity contribution is 7.85. The van der Waals surface area contributed by atoms with Gasteiger partial charge in [-0.1, -0.05) is 13.8 Å². The lowest BCUT2D eigenvalue weighted by Crippen LogP contribution is -2.43. The molecule has 2 N–H and O–H groups in total. The zero-order valence-electron chi connectivity index (χ0n) is 13.7. The topological polar surface area (TPSA) is 109 Å². The molecule has 24 heavy (non-hydrogen) atoms. The van der Waals surface area contributed by atoms with Gasteiger partial charge in [0.15, 0.2) is 0 Å². The van der Waals surface area contributed by atoms with Crippen molar-refractivity contribution in [2.45, 2.75) is 33.1 Å². The third-order valence-corrected chi connectivity index (χ3v) is 6.69. The lowest BCUT2D eigenvalue weighted by atomic mass is 9.70. The van der Waals surface area contributed by atoms with E-state index in [4.69, 9.17) is 0 Å². The van der Waals surface area contributed by atoms with Gasteiger partial charge in [-0.25, -0.2) is 5.43 Å². The Labute approximate surface area is 141 Å². The van der Waals surface area contributed by atoms with Crippen LogP contribution in [0.5, 0.6) is 0 Å². The number of rotatable bonds is 4. The number of pyridine rings is 1. The third-order valence-electron chi connectivity index (χ3n) is 5.83. The SMILES string of the molecule is CC1(C)C2CCC1(CS(=O)(=O)O)C(=NNC(=O)c1ccncc1)C2. The maximum Gasteiger partial charge on any atom is 0.271 e. The Morgan fingerprint density at radius 3 is 2.67 bits per heavy atom. The summed E-state index contributed by atoms with van der Waals surface area (Å²) in [4.78, 5) is 16.0. The van der Waals surface area contributed by atoms with E-state index in [9.17, 15) is 17.8 Å². The molecule has 2 saturated carbocycles. The van der Waals surface area contributed by atoms with E-state index in [2.05, 4.69) is 15.5 Å². The molecule has 2 bridgehead atoms. The fourth-order valence-corrected chi connectivity index (χ4v) is 5.59. The van der Waals surface area contributed by atoms with Crippen LogP contribution in [0.4, 0.5) is 0 Å². The summed E-state index contributed by atoms with van der Waals surface area (Å²) in [7, 11) is -4.15. The number of carbonyl (C=O) groups is 1. The molecule has 130 valence electrons. The van der Waals surface area contributed by atoms with E-state index in [1.807, 2.05) is 13.8 Å². The average Bonchev–Trinajstić information content (AvgIpc) is 2.86. The lowest BCUT2D eigenvalue weighted by molar-refractivity contribution is 0.0954. The molecular formula is C16H21N3O4S. The second-order valence-electron chi connectivity index (χ2n) is 7.21. The summed E-state index contributed by atoms with van der Waals surface area (Å²) in [5.74, 6) is -0.420. The Kier molecular flexibility index (Phi) is 4.00. The van der Waals surface area contributed by atoms with Gasteiger partial charge >= 0.3 is 0 Å². The number of nitrogens with zero attached hydrogens (tertiary/aromatic N) is 2. The Balaban J connectivity index is 1.88. The quantitative estimate of drug-likeness (QED) is 0.636. The van der Waals surface area contributed by atoms with Crippen molar-refractivity contribution >= 4 is 21.7 Å². The smallest absolute Gasteiger partial charge is 0.271 e. The standard InChI is InChI=1S/C16H21N3O4S/c1-15(2)12-3-6-16(15,10-24(21,22)23)13(9-12)18-19-14(20)11-4-7-17-8-5-11/h4-5,7-8,12H,3,6,9-10H2,1-2H3,(H,19,20)(H,21,22,23). The summed E-state index contributed by atoms with van der Waals surface area (Å²) in [6.45, 7) is 4.03. The van der Waals surface area contributed by atoms with Crippen LogP contribution in [0.25, 0.3) is 0 Å². The minimum Gasteiger partial charge on any atom is -0.286 e. The van der Waals surface area contributed by atoms with E-state index >= 15 is 0 Å². The van der Waals surface area contributed by atoms with Crippen LogP contribution in [0.15, 0.2) is 29.6 Å².